The molecule has 3 aromatic rings. The van der Waals surface area contributed by atoms with Crippen LogP contribution in [0.25, 0.3) is 22.5 Å². The number of aromatic nitrogens is 3. The van der Waals surface area contributed by atoms with Crippen LogP contribution in [0.3, 0.4) is 0 Å². The number of nitrogens with zero attached hydrogens (tertiary/aromatic N) is 2. The molecule has 0 aliphatic rings. The Morgan fingerprint density at radius 1 is 1.33 bits per heavy atom. The van der Waals surface area contributed by atoms with Crippen LogP contribution in [0.15, 0.2) is 39.5 Å². The van der Waals surface area contributed by atoms with Crippen LogP contribution < -0.4 is 0 Å². The summed E-state index contributed by atoms with van der Waals surface area (Å²) in [5.74, 6) is 0.498. The largest absolute Gasteiger partial charge is 0.422 e. The Morgan fingerprint density at radius 3 is 3.00 bits per heavy atom. The Balaban J connectivity index is 2.27. The van der Waals surface area contributed by atoms with Gasteiger partial charge in [-0.1, -0.05) is 22.0 Å². The molecule has 0 amide bonds. The molecule has 15 heavy (non-hydrogen) atoms. The maximum atomic E-state index is 5.12. The van der Waals surface area contributed by atoms with Crippen LogP contribution in [0.5, 0.6) is 0 Å². The van der Waals surface area contributed by atoms with E-state index < -0.39 is 0 Å². The molecule has 2 aromatic heterocycles. The van der Waals surface area contributed by atoms with Gasteiger partial charge in [-0.2, -0.15) is 0 Å². The molecule has 0 saturated heterocycles. The van der Waals surface area contributed by atoms with Gasteiger partial charge in [0.05, 0.1) is 0 Å². The van der Waals surface area contributed by atoms with Gasteiger partial charge in [0.2, 0.25) is 6.39 Å². The van der Waals surface area contributed by atoms with Gasteiger partial charge in [0.1, 0.15) is 5.69 Å². The molecule has 0 atom stereocenters. The minimum Gasteiger partial charge on any atom is -0.422 e. The smallest absolute Gasteiger partial charge is 0.263 e. The summed E-state index contributed by atoms with van der Waals surface area (Å²) >= 11 is 3.49. The summed E-state index contributed by atoms with van der Waals surface area (Å²) in [6.07, 6.45) is 1.32. The summed E-state index contributed by atoms with van der Waals surface area (Å²) in [5, 5.41) is 8.59. The Morgan fingerprint density at radius 2 is 2.27 bits per heavy atom. The van der Waals surface area contributed by atoms with E-state index in [4.69, 9.17) is 4.42 Å². The van der Waals surface area contributed by atoms with E-state index in [9.17, 15) is 0 Å². The van der Waals surface area contributed by atoms with Crippen LogP contribution in [-0.2, 0) is 0 Å². The summed E-state index contributed by atoms with van der Waals surface area (Å²) < 4.78 is 6.16. The average Bonchev–Trinajstić information content (AvgIpc) is 2.86. The first kappa shape index (κ1) is 8.67. The van der Waals surface area contributed by atoms with Gasteiger partial charge in [0, 0.05) is 15.4 Å². The lowest BCUT2D eigenvalue weighted by molar-refractivity contribution is 0.567. The molecule has 0 fully saturated rings. The van der Waals surface area contributed by atoms with Crippen molar-refractivity contribution in [2.24, 2.45) is 0 Å². The third-order valence-corrected chi connectivity index (χ3v) is 2.89. The fraction of sp³-hybridized carbons (Fsp3) is 0. The number of aromatic amines is 1. The number of benzene rings is 1. The van der Waals surface area contributed by atoms with E-state index in [2.05, 4.69) is 31.1 Å². The van der Waals surface area contributed by atoms with Gasteiger partial charge >= 0.3 is 0 Å². The van der Waals surface area contributed by atoms with Crippen molar-refractivity contribution in [3.05, 3.63) is 35.1 Å². The molecule has 2 heterocycles. The molecular formula is C10H6BrN3O. The van der Waals surface area contributed by atoms with Crippen LogP contribution in [0.4, 0.5) is 0 Å². The Hall–Kier alpha value is -1.62. The monoisotopic (exact) mass is 263 g/mol. The van der Waals surface area contributed by atoms with Gasteiger partial charge in [-0.25, -0.2) is 0 Å². The van der Waals surface area contributed by atoms with Gasteiger partial charge < -0.3 is 9.40 Å². The molecule has 1 aromatic carbocycles. The molecule has 0 aliphatic carbocycles. The summed E-state index contributed by atoms with van der Waals surface area (Å²) in [5.41, 5.74) is 1.87. The van der Waals surface area contributed by atoms with Crippen LogP contribution in [0.2, 0.25) is 0 Å². The van der Waals surface area contributed by atoms with Gasteiger partial charge in [-0.05, 0) is 18.2 Å². The standard InChI is InChI=1S/C10H6BrN3O/c11-7-2-1-3-8-6(7)4-9(13-8)10-14-12-5-15-10/h1-5,13H. The van der Waals surface area contributed by atoms with E-state index in [1.165, 1.54) is 6.39 Å². The number of H-pyrrole nitrogens is 1. The summed E-state index contributed by atoms with van der Waals surface area (Å²) in [6.45, 7) is 0. The van der Waals surface area contributed by atoms with Gasteiger partial charge in [0.25, 0.3) is 5.89 Å². The zero-order valence-electron chi connectivity index (χ0n) is 7.57. The number of fused-ring (bicyclic) bond motifs is 1. The highest BCUT2D eigenvalue weighted by atomic mass is 79.9. The zero-order valence-corrected chi connectivity index (χ0v) is 9.15. The molecule has 0 saturated carbocycles. The second-order valence-corrected chi connectivity index (χ2v) is 3.98. The van der Waals surface area contributed by atoms with Crippen molar-refractivity contribution in [2.45, 2.75) is 0 Å². The minimum atomic E-state index is 0.498. The molecule has 0 aliphatic heterocycles. The zero-order chi connectivity index (χ0) is 10.3. The van der Waals surface area contributed by atoms with Gasteiger partial charge in [0.15, 0.2) is 0 Å². The Bertz CT molecular complexity index is 600. The minimum absolute atomic E-state index is 0.498. The van der Waals surface area contributed by atoms with Crippen molar-refractivity contribution in [3.63, 3.8) is 0 Å². The van der Waals surface area contributed by atoms with Crippen molar-refractivity contribution < 1.29 is 4.42 Å². The lowest BCUT2D eigenvalue weighted by Crippen LogP contribution is -1.75. The van der Waals surface area contributed by atoms with Crippen LogP contribution >= 0.6 is 15.9 Å². The number of nitrogens with one attached hydrogen (secondary N) is 1. The first-order valence-electron chi connectivity index (χ1n) is 4.38. The molecule has 74 valence electrons. The molecule has 3 rings (SSSR count). The molecule has 0 unspecified atom stereocenters. The third-order valence-electron chi connectivity index (χ3n) is 2.20. The number of rotatable bonds is 1. The molecule has 0 bridgehead atoms. The molecule has 4 nitrogen and oxygen atoms in total. The predicted octanol–water partition coefficient (Wildman–Crippen LogP) is 2.98. The molecule has 5 heteroatoms. The highest BCUT2D eigenvalue weighted by Gasteiger charge is 2.08. The van der Waals surface area contributed by atoms with Crippen molar-refractivity contribution in [2.75, 3.05) is 0 Å². The van der Waals surface area contributed by atoms with Crippen molar-refractivity contribution in [1.29, 1.82) is 0 Å². The predicted molar refractivity (Wildman–Crippen MR) is 59.3 cm³/mol. The topological polar surface area (TPSA) is 54.7 Å². The lowest BCUT2D eigenvalue weighted by atomic mass is 10.2. The Kier molecular flexibility index (Phi) is 1.85. The van der Waals surface area contributed by atoms with E-state index in [1.54, 1.807) is 0 Å². The maximum Gasteiger partial charge on any atom is 0.263 e. The van der Waals surface area contributed by atoms with Crippen LogP contribution in [0.1, 0.15) is 0 Å². The SMILES string of the molecule is Brc1cccc2[nH]c(-c3nnco3)cc12. The fourth-order valence-electron chi connectivity index (χ4n) is 1.52. The second-order valence-electron chi connectivity index (χ2n) is 3.13. The highest BCUT2D eigenvalue weighted by molar-refractivity contribution is 9.10. The summed E-state index contributed by atoms with van der Waals surface area (Å²) in [7, 11) is 0. The number of hydrogen-bond donors (Lipinski definition) is 1. The number of halogens is 1. The van der Waals surface area contributed by atoms with E-state index >= 15 is 0 Å². The van der Waals surface area contributed by atoms with Crippen molar-refractivity contribution >= 4 is 26.8 Å². The summed E-state index contributed by atoms with van der Waals surface area (Å²) in [6, 6.07) is 7.95. The van der Waals surface area contributed by atoms with Gasteiger partial charge in [-0.15, -0.1) is 10.2 Å². The van der Waals surface area contributed by atoms with E-state index in [1.807, 2.05) is 24.3 Å². The highest BCUT2D eigenvalue weighted by Crippen LogP contribution is 2.27. The van der Waals surface area contributed by atoms with Crippen LogP contribution in [0, 0.1) is 0 Å². The summed E-state index contributed by atoms with van der Waals surface area (Å²) in [4.78, 5) is 3.21. The maximum absolute atomic E-state index is 5.12. The average molecular weight is 264 g/mol. The normalized spacial score (nSPS) is 11.0. The molecule has 0 radical (unpaired) electrons. The third kappa shape index (κ3) is 1.35. The Labute approximate surface area is 93.4 Å². The fourth-order valence-corrected chi connectivity index (χ4v) is 2.00. The van der Waals surface area contributed by atoms with E-state index in [-0.39, 0.29) is 0 Å². The van der Waals surface area contributed by atoms with Gasteiger partial charge in [-0.3, -0.25) is 0 Å². The molecule has 1 N–H and O–H groups in total. The first-order valence-corrected chi connectivity index (χ1v) is 5.17. The van der Waals surface area contributed by atoms with Crippen molar-refractivity contribution in [3.8, 4) is 11.6 Å². The van der Waals surface area contributed by atoms with E-state index in [0.717, 1.165) is 21.1 Å². The van der Waals surface area contributed by atoms with Crippen LogP contribution in [-0.4, -0.2) is 15.2 Å². The first-order chi connectivity index (χ1) is 7.34. The second kappa shape index (κ2) is 3.20. The van der Waals surface area contributed by atoms with E-state index in [0.29, 0.717) is 5.89 Å². The van der Waals surface area contributed by atoms with Crippen molar-refractivity contribution in [1.82, 2.24) is 15.2 Å². The lowest BCUT2D eigenvalue weighted by Gasteiger charge is -1.90. The number of hydrogen-bond acceptors (Lipinski definition) is 3. The quantitative estimate of drug-likeness (QED) is 0.735. The molecular weight excluding hydrogens is 258 g/mol. The molecule has 0 spiro atoms.